The van der Waals surface area contributed by atoms with Gasteiger partial charge in [0.25, 0.3) is 10.0 Å². The SMILES string of the molecule is Cc1ccc(S(=O)(=O)N(CC(=O)N(Cc2ccc(Cl)c(Cl)c2)[C@H](Cc2ccccc2)C(=O)NC2CCCCC2)c2cccc(Br)c2)cc1. The number of aryl methyl sites for hydroxylation is 1. The van der Waals surface area contributed by atoms with Crippen molar-refractivity contribution >= 4 is 66.7 Å². The van der Waals surface area contributed by atoms with Gasteiger partial charge in [-0.15, -0.1) is 0 Å². The van der Waals surface area contributed by atoms with E-state index >= 15 is 0 Å². The monoisotopic (exact) mass is 769 g/mol. The molecule has 4 aromatic rings. The number of halogens is 3. The molecule has 1 N–H and O–H groups in total. The summed E-state index contributed by atoms with van der Waals surface area (Å²) < 4.78 is 30.2. The van der Waals surface area contributed by atoms with E-state index < -0.39 is 28.5 Å². The van der Waals surface area contributed by atoms with Crippen LogP contribution in [0.1, 0.15) is 48.8 Å². The average Bonchev–Trinajstić information content (AvgIpc) is 3.07. The molecule has 48 heavy (non-hydrogen) atoms. The molecule has 0 heterocycles. The number of hydrogen-bond acceptors (Lipinski definition) is 4. The number of carbonyl (C=O) groups is 2. The quantitative estimate of drug-likeness (QED) is 0.157. The Morgan fingerprint density at radius 3 is 2.23 bits per heavy atom. The molecule has 1 atom stereocenters. The lowest BCUT2D eigenvalue weighted by atomic mass is 9.94. The van der Waals surface area contributed by atoms with Crippen molar-refractivity contribution in [3.63, 3.8) is 0 Å². The van der Waals surface area contributed by atoms with Gasteiger partial charge in [0.05, 0.1) is 20.6 Å². The lowest BCUT2D eigenvalue weighted by molar-refractivity contribution is -0.140. The Morgan fingerprint density at radius 1 is 0.854 bits per heavy atom. The number of nitrogens with zero attached hydrogens (tertiary/aromatic N) is 2. The molecule has 252 valence electrons. The topological polar surface area (TPSA) is 86.8 Å². The fraction of sp³-hybridized carbons (Fsp3) is 0.297. The van der Waals surface area contributed by atoms with E-state index in [9.17, 15) is 18.0 Å². The Morgan fingerprint density at radius 2 is 1.56 bits per heavy atom. The Labute approximate surface area is 301 Å². The maximum Gasteiger partial charge on any atom is 0.264 e. The Bertz CT molecular complexity index is 1840. The van der Waals surface area contributed by atoms with E-state index in [0.717, 1.165) is 47.5 Å². The van der Waals surface area contributed by atoms with Crippen LogP contribution in [0.5, 0.6) is 0 Å². The van der Waals surface area contributed by atoms with Crippen molar-refractivity contribution in [1.82, 2.24) is 10.2 Å². The van der Waals surface area contributed by atoms with Crippen LogP contribution < -0.4 is 9.62 Å². The Balaban J connectivity index is 1.57. The molecule has 0 spiro atoms. The smallest absolute Gasteiger partial charge is 0.264 e. The van der Waals surface area contributed by atoms with E-state index in [-0.39, 0.29) is 29.8 Å². The van der Waals surface area contributed by atoms with E-state index in [2.05, 4.69) is 21.2 Å². The highest BCUT2D eigenvalue weighted by atomic mass is 79.9. The summed E-state index contributed by atoms with van der Waals surface area (Å²) in [5, 5.41) is 3.89. The van der Waals surface area contributed by atoms with Crippen LogP contribution in [0.2, 0.25) is 10.0 Å². The maximum absolute atomic E-state index is 14.7. The summed E-state index contributed by atoms with van der Waals surface area (Å²) in [5.41, 5.74) is 2.72. The van der Waals surface area contributed by atoms with Crippen LogP contribution in [0.25, 0.3) is 0 Å². The zero-order valence-electron chi connectivity index (χ0n) is 26.6. The van der Waals surface area contributed by atoms with Gasteiger partial charge in [0, 0.05) is 23.5 Å². The molecule has 7 nitrogen and oxygen atoms in total. The zero-order valence-corrected chi connectivity index (χ0v) is 30.5. The summed E-state index contributed by atoms with van der Waals surface area (Å²) in [6.45, 7) is 1.33. The van der Waals surface area contributed by atoms with Gasteiger partial charge in [-0.2, -0.15) is 0 Å². The number of rotatable bonds is 12. The van der Waals surface area contributed by atoms with Crippen molar-refractivity contribution in [3.05, 3.63) is 128 Å². The normalized spacial score (nSPS) is 14.2. The molecule has 0 aromatic heterocycles. The maximum atomic E-state index is 14.7. The number of nitrogens with one attached hydrogen (secondary N) is 1. The summed E-state index contributed by atoms with van der Waals surface area (Å²) in [5.74, 6) is -0.828. The largest absolute Gasteiger partial charge is 0.352 e. The molecule has 1 aliphatic carbocycles. The fourth-order valence-electron chi connectivity index (χ4n) is 5.93. The highest BCUT2D eigenvalue weighted by Crippen LogP contribution is 2.29. The number of carbonyl (C=O) groups excluding carboxylic acids is 2. The van der Waals surface area contributed by atoms with E-state index in [0.29, 0.717) is 25.8 Å². The van der Waals surface area contributed by atoms with E-state index in [1.54, 1.807) is 54.6 Å². The van der Waals surface area contributed by atoms with Gasteiger partial charge in [-0.3, -0.25) is 13.9 Å². The number of sulfonamides is 1. The van der Waals surface area contributed by atoms with E-state index in [1.807, 2.05) is 37.3 Å². The summed E-state index contributed by atoms with van der Waals surface area (Å²) in [6, 6.07) is 26.9. The molecule has 0 radical (unpaired) electrons. The Hall–Kier alpha value is -3.37. The molecule has 11 heteroatoms. The van der Waals surface area contributed by atoms with Crippen LogP contribution in [0.4, 0.5) is 5.69 Å². The van der Waals surface area contributed by atoms with Crippen LogP contribution in [0.3, 0.4) is 0 Å². The second kappa shape index (κ2) is 16.4. The molecule has 0 bridgehead atoms. The minimum Gasteiger partial charge on any atom is -0.352 e. The molecule has 4 aromatic carbocycles. The fourth-order valence-corrected chi connectivity index (χ4v) is 8.04. The number of anilines is 1. The molecule has 1 aliphatic rings. The van der Waals surface area contributed by atoms with Crippen LogP contribution in [-0.4, -0.2) is 43.8 Å². The number of amides is 2. The standard InChI is InChI=1S/C37H38BrCl2N3O4S/c1-26-15-18-32(19-16-26)48(46,47)43(31-14-8-11-29(38)23-31)25-36(44)42(24-28-17-20-33(39)34(40)21-28)35(22-27-9-4-2-5-10-27)37(45)41-30-12-6-3-7-13-30/h2,4-5,8-11,14-21,23,30,35H,3,6-7,12-13,22,24-25H2,1H3,(H,41,45)/t35-/m1/s1. The first-order chi connectivity index (χ1) is 23.0. The third-order valence-corrected chi connectivity index (χ3v) is 11.6. The van der Waals surface area contributed by atoms with Gasteiger partial charge < -0.3 is 10.2 Å². The van der Waals surface area contributed by atoms with Crippen molar-refractivity contribution in [1.29, 1.82) is 0 Å². The first-order valence-corrected chi connectivity index (χ1v) is 18.9. The first-order valence-electron chi connectivity index (χ1n) is 15.9. The molecule has 0 aliphatic heterocycles. The van der Waals surface area contributed by atoms with Crippen molar-refractivity contribution in [2.45, 2.75) is 69.0 Å². The lowest BCUT2D eigenvalue weighted by Gasteiger charge is -2.35. The molecule has 0 saturated heterocycles. The molecular weight excluding hydrogens is 733 g/mol. The first kappa shape index (κ1) is 35.9. The van der Waals surface area contributed by atoms with Gasteiger partial charge in [0.1, 0.15) is 12.6 Å². The Kier molecular flexibility index (Phi) is 12.2. The van der Waals surface area contributed by atoms with Gasteiger partial charge in [0.15, 0.2) is 0 Å². The molecule has 5 rings (SSSR count). The second-order valence-corrected chi connectivity index (χ2v) is 15.7. The highest BCUT2D eigenvalue weighted by Gasteiger charge is 2.35. The van der Waals surface area contributed by atoms with E-state index in [1.165, 1.54) is 17.0 Å². The van der Waals surface area contributed by atoms with Crippen LogP contribution >= 0.6 is 39.1 Å². The van der Waals surface area contributed by atoms with Crippen molar-refractivity contribution < 1.29 is 18.0 Å². The summed E-state index contributed by atoms with van der Waals surface area (Å²) in [6.07, 6.45) is 5.15. The van der Waals surface area contributed by atoms with Crippen molar-refractivity contribution in [2.75, 3.05) is 10.8 Å². The minimum absolute atomic E-state index is 0.00220. The molecule has 1 saturated carbocycles. The zero-order chi connectivity index (χ0) is 34.3. The molecular formula is C37H38BrCl2N3O4S. The van der Waals surface area contributed by atoms with E-state index in [4.69, 9.17) is 23.2 Å². The van der Waals surface area contributed by atoms with Gasteiger partial charge >= 0.3 is 0 Å². The predicted molar refractivity (Wildman–Crippen MR) is 196 cm³/mol. The number of hydrogen-bond donors (Lipinski definition) is 1. The molecule has 0 unspecified atom stereocenters. The lowest BCUT2D eigenvalue weighted by Crippen LogP contribution is -2.55. The number of benzene rings is 4. The summed E-state index contributed by atoms with van der Waals surface area (Å²) in [7, 11) is -4.20. The third-order valence-electron chi connectivity index (χ3n) is 8.54. The van der Waals surface area contributed by atoms with Crippen LogP contribution in [-0.2, 0) is 32.6 Å². The van der Waals surface area contributed by atoms with Gasteiger partial charge in [0.2, 0.25) is 11.8 Å². The second-order valence-electron chi connectivity index (χ2n) is 12.1. The van der Waals surface area contributed by atoms with Crippen LogP contribution in [0, 0.1) is 6.92 Å². The summed E-state index contributed by atoms with van der Waals surface area (Å²) >= 11 is 16.1. The molecule has 1 fully saturated rings. The average molecular weight is 772 g/mol. The van der Waals surface area contributed by atoms with Crippen LogP contribution in [0.15, 0.2) is 106 Å². The van der Waals surface area contributed by atoms with Crippen molar-refractivity contribution in [3.8, 4) is 0 Å². The van der Waals surface area contributed by atoms with Gasteiger partial charge in [-0.1, -0.05) is 119 Å². The van der Waals surface area contributed by atoms with Gasteiger partial charge in [-0.25, -0.2) is 8.42 Å². The minimum atomic E-state index is -4.20. The van der Waals surface area contributed by atoms with Crippen molar-refractivity contribution in [2.24, 2.45) is 0 Å². The summed E-state index contributed by atoms with van der Waals surface area (Å²) in [4.78, 5) is 30.5. The third kappa shape index (κ3) is 9.20. The predicted octanol–water partition coefficient (Wildman–Crippen LogP) is 8.35. The molecule has 2 amide bonds. The highest BCUT2D eigenvalue weighted by molar-refractivity contribution is 9.10. The van der Waals surface area contributed by atoms with Gasteiger partial charge in [-0.05, 0) is 73.4 Å².